The van der Waals surface area contributed by atoms with Crippen LogP contribution in [0.5, 0.6) is 0 Å². The average Bonchev–Trinajstić information content (AvgIpc) is 2.56. The molecule has 1 aliphatic heterocycles. The van der Waals surface area contributed by atoms with E-state index < -0.39 is 0 Å². The zero-order valence-corrected chi connectivity index (χ0v) is 12.7. The zero-order valence-electron chi connectivity index (χ0n) is 12.7. The molecule has 4 heteroatoms. The first-order valence-electron chi connectivity index (χ1n) is 7.64. The molecule has 2 aromatic rings. The number of hydrogen-bond donors (Lipinski definition) is 1. The van der Waals surface area contributed by atoms with Gasteiger partial charge >= 0.3 is 0 Å². The van der Waals surface area contributed by atoms with Crippen LogP contribution in [0.25, 0.3) is 11.4 Å². The van der Waals surface area contributed by atoms with E-state index in [4.69, 9.17) is 9.97 Å². The molecule has 0 bridgehead atoms. The zero-order chi connectivity index (χ0) is 14.7. The van der Waals surface area contributed by atoms with Gasteiger partial charge in [0.15, 0.2) is 5.82 Å². The first-order valence-corrected chi connectivity index (χ1v) is 7.64. The topological polar surface area (TPSA) is 41.0 Å². The first kappa shape index (κ1) is 14.0. The second kappa shape index (κ2) is 6.22. The molecule has 1 aliphatic rings. The lowest BCUT2D eigenvalue weighted by Crippen LogP contribution is -2.44. The molecule has 0 aliphatic carbocycles. The van der Waals surface area contributed by atoms with Crippen molar-refractivity contribution in [3.8, 4) is 11.4 Å². The number of aromatic nitrogens is 2. The van der Waals surface area contributed by atoms with Crippen molar-refractivity contribution in [1.29, 1.82) is 0 Å². The first-order chi connectivity index (χ1) is 10.2. The van der Waals surface area contributed by atoms with Gasteiger partial charge in [0.2, 0.25) is 0 Å². The minimum Gasteiger partial charge on any atom is -0.354 e. The third kappa shape index (κ3) is 3.22. The fourth-order valence-corrected chi connectivity index (χ4v) is 2.52. The van der Waals surface area contributed by atoms with Crippen molar-refractivity contribution in [2.75, 3.05) is 31.1 Å². The lowest BCUT2D eigenvalue weighted by atomic mass is 10.1. The number of nitrogens with zero attached hydrogens (tertiary/aromatic N) is 3. The number of rotatable bonds is 3. The second-order valence-corrected chi connectivity index (χ2v) is 5.73. The Morgan fingerprint density at radius 1 is 1.05 bits per heavy atom. The van der Waals surface area contributed by atoms with Crippen LogP contribution in [0.1, 0.15) is 25.5 Å². The van der Waals surface area contributed by atoms with Crippen LogP contribution in [0.2, 0.25) is 0 Å². The van der Waals surface area contributed by atoms with Crippen LogP contribution in [0.3, 0.4) is 0 Å². The van der Waals surface area contributed by atoms with E-state index >= 15 is 0 Å². The molecule has 0 unspecified atom stereocenters. The smallest absolute Gasteiger partial charge is 0.161 e. The van der Waals surface area contributed by atoms with Crippen molar-refractivity contribution in [2.45, 2.75) is 19.8 Å². The van der Waals surface area contributed by atoms with Crippen LogP contribution in [-0.4, -0.2) is 36.1 Å². The van der Waals surface area contributed by atoms with Gasteiger partial charge in [-0.2, -0.15) is 0 Å². The molecule has 0 spiro atoms. The van der Waals surface area contributed by atoms with E-state index in [0.717, 1.165) is 49.1 Å². The van der Waals surface area contributed by atoms with Crippen molar-refractivity contribution in [3.05, 3.63) is 42.1 Å². The van der Waals surface area contributed by atoms with E-state index in [9.17, 15) is 0 Å². The fraction of sp³-hybridized carbons (Fsp3) is 0.412. The SMILES string of the molecule is CC(C)c1cc(N2CCNCC2)nc(-c2ccccc2)n1. The average molecular weight is 282 g/mol. The van der Waals surface area contributed by atoms with Crippen LogP contribution in [0, 0.1) is 0 Å². The third-order valence-corrected chi connectivity index (χ3v) is 3.80. The molecule has 3 rings (SSSR count). The van der Waals surface area contributed by atoms with Crippen LogP contribution >= 0.6 is 0 Å². The summed E-state index contributed by atoms with van der Waals surface area (Å²) in [5.74, 6) is 2.28. The molecule has 1 aromatic heterocycles. The lowest BCUT2D eigenvalue weighted by Gasteiger charge is -2.29. The molecular weight excluding hydrogens is 260 g/mol. The predicted octanol–water partition coefficient (Wildman–Crippen LogP) is 2.68. The fourth-order valence-electron chi connectivity index (χ4n) is 2.52. The monoisotopic (exact) mass is 282 g/mol. The summed E-state index contributed by atoms with van der Waals surface area (Å²) in [6.45, 7) is 8.40. The molecule has 1 N–H and O–H groups in total. The molecule has 0 atom stereocenters. The van der Waals surface area contributed by atoms with Crippen LogP contribution in [0.4, 0.5) is 5.82 Å². The lowest BCUT2D eigenvalue weighted by molar-refractivity contribution is 0.584. The van der Waals surface area contributed by atoms with Gasteiger partial charge in [0.25, 0.3) is 0 Å². The van der Waals surface area contributed by atoms with Crippen molar-refractivity contribution in [2.24, 2.45) is 0 Å². The van der Waals surface area contributed by atoms with Crippen molar-refractivity contribution in [1.82, 2.24) is 15.3 Å². The predicted molar refractivity (Wildman–Crippen MR) is 86.6 cm³/mol. The summed E-state index contributed by atoms with van der Waals surface area (Å²) in [6.07, 6.45) is 0. The number of hydrogen-bond acceptors (Lipinski definition) is 4. The molecule has 4 nitrogen and oxygen atoms in total. The number of benzene rings is 1. The highest BCUT2D eigenvalue weighted by atomic mass is 15.2. The second-order valence-electron chi connectivity index (χ2n) is 5.73. The molecule has 0 amide bonds. The molecular formula is C17H22N4. The highest BCUT2D eigenvalue weighted by Crippen LogP contribution is 2.23. The van der Waals surface area contributed by atoms with Gasteiger partial charge < -0.3 is 10.2 Å². The van der Waals surface area contributed by atoms with Crippen molar-refractivity contribution < 1.29 is 0 Å². The van der Waals surface area contributed by atoms with Gasteiger partial charge in [0.05, 0.1) is 0 Å². The summed E-state index contributed by atoms with van der Waals surface area (Å²) in [7, 11) is 0. The molecule has 0 saturated carbocycles. The Morgan fingerprint density at radius 3 is 2.43 bits per heavy atom. The summed E-state index contributed by atoms with van der Waals surface area (Å²) in [4.78, 5) is 11.9. The quantitative estimate of drug-likeness (QED) is 0.939. The van der Waals surface area contributed by atoms with Gasteiger partial charge in [-0.3, -0.25) is 0 Å². The van der Waals surface area contributed by atoms with E-state index in [0.29, 0.717) is 5.92 Å². The van der Waals surface area contributed by atoms with Crippen LogP contribution in [-0.2, 0) is 0 Å². The minimum atomic E-state index is 0.400. The van der Waals surface area contributed by atoms with Gasteiger partial charge in [-0.05, 0) is 5.92 Å². The summed E-state index contributed by atoms with van der Waals surface area (Å²) < 4.78 is 0. The Hall–Kier alpha value is -1.94. The van der Waals surface area contributed by atoms with Gasteiger partial charge in [-0.15, -0.1) is 0 Å². The summed E-state index contributed by atoms with van der Waals surface area (Å²) in [5.41, 5.74) is 2.19. The highest BCUT2D eigenvalue weighted by molar-refractivity contribution is 5.58. The standard InChI is InChI=1S/C17H22N4/c1-13(2)15-12-16(21-10-8-18-9-11-21)20-17(19-15)14-6-4-3-5-7-14/h3-7,12-13,18H,8-11H2,1-2H3. The Bertz CT molecular complexity index is 589. The molecule has 21 heavy (non-hydrogen) atoms. The van der Waals surface area contributed by atoms with Gasteiger partial charge in [-0.25, -0.2) is 9.97 Å². The van der Waals surface area contributed by atoms with E-state index in [-0.39, 0.29) is 0 Å². The molecule has 1 fully saturated rings. The maximum absolute atomic E-state index is 4.80. The van der Waals surface area contributed by atoms with Gasteiger partial charge in [0.1, 0.15) is 5.82 Å². The summed E-state index contributed by atoms with van der Waals surface area (Å²) in [6, 6.07) is 12.4. The molecule has 110 valence electrons. The Balaban J connectivity index is 2.01. The third-order valence-electron chi connectivity index (χ3n) is 3.80. The summed E-state index contributed by atoms with van der Waals surface area (Å²) in [5, 5.41) is 3.38. The van der Waals surface area contributed by atoms with Gasteiger partial charge in [-0.1, -0.05) is 44.2 Å². The minimum absolute atomic E-state index is 0.400. The number of nitrogens with one attached hydrogen (secondary N) is 1. The highest BCUT2D eigenvalue weighted by Gasteiger charge is 2.16. The van der Waals surface area contributed by atoms with Gasteiger partial charge in [0, 0.05) is 43.5 Å². The maximum atomic E-state index is 4.80. The van der Waals surface area contributed by atoms with Crippen molar-refractivity contribution >= 4 is 5.82 Å². The van der Waals surface area contributed by atoms with E-state index in [1.807, 2.05) is 18.2 Å². The number of piperazine rings is 1. The summed E-state index contributed by atoms with van der Waals surface area (Å²) >= 11 is 0. The Morgan fingerprint density at radius 2 is 1.76 bits per heavy atom. The maximum Gasteiger partial charge on any atom is 0.161 e. The molecule has 2 heterocycles. The van der Waals surface area contributed by atoms with Crippen LogP contribution in [0.15, 0.2) is 36.4 Å². The molecule has 1 saturated heterocycles. The van der Waals surface area contributed by atoms with E-state index in [2.05, 4.69) is 42.3 Å². The van der Waals surface area contributed by atoms with E-state index in [1.54, 1.807) is 0 Å². The normalized spacial score (nSPS) is 15.5. The molecule has 0 radical (unpaired) electrons. The number of anilines is 1. The van der Waals surface area contributed by atoms with Crippen LogP contribution < -0.4 is 10.2 Å². The Kier molecular flexibility index (Phi) is 4.15. The van der Waals surface area contributed by atoms with E-state index in [1.165, 1.54) is 0 Å². The Labute approximate surface area is 126 Å². The molecule has 1 aromatic carbocycles. The van der Waals surface area contributed by atoms with Crippen molar-refractivity contribution in [3.63, 3.8) is 0 Å². The largest absolute Gasteiger partial charge is 0.354 e.